The minimum Gasteiger partial charge on any atom is -0.481 e. The predicted molar refractivity (Wildman–Crippen MR) is 117 cm³/mol. The van der Waals surface area contributed by atoms with Crippen molar-refractivity contribution in [1.82, 2.24) is 19.8 Å². The molecule has 2 aromatic carbocycles. The van der Waals surface area contributed by atoms with Crippen LogP contribution in [-0.2, 0) is 11.3 Å². The van der Waals surface area contributed by atoms with Crippen molar-refractivity contribution in [1.29, 1.82) is 0 Å². The van der Waals surface area contributed by atoms with E-state index >= 15 is 0 Å². The van der Waals surface area contributed by atoms with Crippen LogP contribution in [0.3, 0.4) is 0 Å². The number of aryl methyl sites for hydroxylation is 1. The number of nitrogens with two attached hydrogens (primary N) is 1. The number of para-hydroxylation sites is 1. The molecule has 30 heavy (non-hydrogen) atoms. The van der Waals surface area contributed by atoms with Gasteiger partial charge in [-0.05, 0) is 38.1 Å². The van der Waals surface area contributed by atoms with Crippen molar-refractivity contribution < 1.29 is 9.53 Å². The number of amides is 1. The van der Waals surface area contributed by atoms with E-state index < -0.39 is 6.10 Å². The van der Waals surface area contributed by atoms with E-state index in [9.17, 15) is 4.79 Å². The third-order valence-corrected chi connectivity index (χ3v) is 5.41. The predicted octanol–water partition coefficient (Wildman–Crippen LogP) is 2.63. The molecule has 7 heteroatoms. The second-order valence-corrected chi connectivity index (χ2v) is 7.72. The normalized spacial score (nSPS) is 15.9. The number of nitrogens with zero attached hydrogens (tertiary/aromatic N) is 4. The van der Waals surface area contributed by atoms with Gasteiger partial charge in [-0.3, -0.25) is 9.69 Å². The summed E-state index contributed by atoms with van der Waals surface area (Å²) < 4.78 is 5.82. The van der Waals surface area contributed by atoms with E-state index in [1.165, 1.54) is 0 Å². The first-order valence-electron chi connectivity index (χ1n) is 10.3. The Morgan fingerprint density at radius 2 is 1.77 bits per heavy atom. The summed E-state index contributed by atoms with van der Waals surface area (Å²) in [5, 5.41) is 0.874. The van der Waals surface area contributed by atoms with Crippen molar-refractivity contribution in [3.63, 3.8) is 0 Å². The van der Waals surface area contributed by atoms with Gasteiger partial charge in [-0.2, -0.15) is 0 Å². The molecule has 0 radical (unpaired) electrons. The summed E-state index contributed by atoms with van der Waals surface area (Å²) in [6.45, 7) is 7.28. The number of aromatic nitrogens is 2. The summed E-state index contributed by atoms with van der Waals surface area (Å²) in [5.74, 6) is 1.95. The van der Waals surface area contributed by atoms with Crippen molar-refractivity contribution in [2.75, 3.05) is 31.9 Å². The van der Waals surface area contributed by atoms with Gasteiger partial charge in [0.15, 0.2) is 6.10 Å². The Labute approximate surface area is 176 Å². The topological polar surface area (TPSA) is 84.6 Å². The van der Waals surface area contributed by atoms with E-state index in [-0.39, 0.29) is 5.91 Å². The highest BCUT2D eigenvalue weighted by Gasteiger charge is 2.26. The van der Waals surface area contributed by atoms with E-state index in [2.05, 4.69) is 14.9 Å². The lowest BCUT2D eigenvalue weighted by Crippen LogP contribution is -2.51. The Hall–Kier alpha value is -3.19. The third-order valence-electron chi connectivity index (χ3n) is 5.41. The van der Waals surface area contributed by atoms with Gasteiger partial charge in [-0.25, -0.2) is 9.97 Å². The molecule has 0 unspecified atom stereocenters. The Bertz CT molecular complexity index is 1030. The van der Waals surface area contributed by atoms with Crippen molar-refractivity contribution in [3.8, 4) is 5.75 Å². The molecule has 0 bridgehead atoms. The number of rotatable bonds is 5. The van der Waals surface area contributed by atoms with E-state index in [4.69, 9.17) is 10.5 Å². The lowest BCUT2D eigenvalue weighted by molar-refractivity contribution is -0.139. The highest BCUT2D eigenvalue weighted by atomic mass is 16.5. The molecule has 1 fully saturated rings. The van der Waals surface area contributed by atoms with Gasteiger partial charge >= 0.3 is 0 Å². The molecule has 3 aromatic rings. The minimum atomic E-state index is -0.511. The number of anilines is 1. The number of hydrogen-bond acceptors (Lipinski definition) is 6. The number of carbonyl (C=O) groups is 1. The summed E-state index contributed by atoms with van der Waals surface area (Å²) in [6, 6.07) is 15.5. The van der Waals surface area contributed by atoms with Crippen LogP contribution in [0.25, 0.3) is 10.9 Å². The maximum atomic E-state index is 12.8. The van der Waals surface area contributed by atoms with Gasteiger partial charge in [-0.1, -0.05) is 29.8 Å². The molecule has 156 valence electrons. The molecule has 4 rings (SSSR count). The first-order valence-corrected chi connectivity index (χ1v) is 10.3. The molecule has 2 heterocycles. The highest BCUT2D eigenvalue weighted by molar-refractivity contribution is 5.87. The molecule has 1 saturated heterocycles. The van der Waals surface area contributed by atoms with Gasteiger partial charge in [0.1, 0.15) is 17.4 Å². The van der Waals surface area contributed by atoms with Gasteiger partial charge in [0, 0.05) is 31.6 Å². The van der Waals surface area contributed by atoms with Crippen LogP contribution in [0.4, 0.5) is 5.82 Å². The molecule has 1 aliphatic heterocycles. The fraction of sp³-hybridized carbons (Fsp3) is 0.348. The maximum absolute atomic E-state index is 12.8. The number of nitrogen functional groups attached to an aromatic ring is 1. The number of carbonyl (C=O) groups excluding carboxylic acids is 1. The van der Waals surface area contributed by atoms with Crippen molar-refractivity contribution in [2.45, 2.75) is 26.5 Å². The summed E-state index contributed by atoms with van der Waals surface area (Å²) in [5.41, 5.74) is 8.11. The van der Waals surface area contributed by atoms with Crippen LogP contribution in [0.15, 0.2) is 48.5 Å². The number of fused-ring (bicyclic) bond motifs is 1. The van der Waals surface area contributed by atoms with E-state index in [1.807, 2.05) is 60.4 Å². The van der Waals surface area contributed by atoms with E-state index in [0.29, 0.717) is 37.0 Å². The summed E-state index contributed by atoms with van der Waals surface area (Å²) >= 11 is 0. The summed E-state index contributed by atoms with van der Waals surface area (Å²) in [6.07, 6.45) is -0.511. The monoisotopic (exact) mass is 405 g/mol. The molecule has 0 saturated carbocycles. The first-order chi connectivity index (χ1) is 14.5. The van der Waals surface area contributed by atoms with Crippen molar-refractivity contribution in [2.24, 2.45) is 0 Å². The average Bonchev–Trinajstić information content (AvgIpc) is 2.75. The second kappa shape index (κ2) is 8.67. The molecule has 1 aliphatic rings. The van der Waals surface area contributed by atoms with E-state index in [1.54, 1.807) is 6.92 Å². The van der Waals surface area contributed by atoms with Crippen LogP contribution in [-0.4, -0.2) is 58.0 Å². The zero-order valence-electron chi connectivity index (χ0n) is 17.4. The Kier molecular flexibility index (Phi) is 5.81. The number of benzene rings is 2. The smallest absolute Gasteiger partial charge is 0.263 e. The van der Waals surface area contributed by atoms with Crippen molar-refractivity contribution >= 4 is 22.6 Å². The minimum absolute atomic E-state index is 0.0152. The van der Waals surface area contributed by atoms with Gasteiger partial charge in [0.2, 0.25) is 0 Å². The molecule has 1 amide bonds. The highest BCUT2D eigenvalue weighted by Crippen LogP contribution is 2.19. The Balaban J connectivity index is 1.32. The van der Waals surface area contributed by atoms with Crippen LogP contribution in [0.5, 0.6) is 5.75 Å². The van der Waals surface area contributed by atoms with Gasteiger partial charge in [-0.15, -0.1) is 0 Å². The Morgan fingerprint density at radius 1 is 1.07 bits per heavy atom. The first kappa shape index (κ1) is 20.1. The largest absolute Gasteiger partial charge is 0.481 e. The molecule has 0 spiro atoms. The third kappa shape index (κ3) is 4.52. The zero-order valence-corrected chi connectivity index (χ0v) is 17.4. The van der Waals surface area contributed by atoms with Crippen LogP contribution < -0.4 is 10.5 Å². The van der Waals surface area contributed by atoms with Crippen LogP contribution >= 0.6 is 0 Å². The quantitative estimate of drug-likeness (QED) is 0.702. The number of ether oxygens (including phenoxy) is 1. The standard InChI is InChI=1S/C23H27N5O2/c1-16-7-9-18(10-8-16)30-17(2)23(29)28-13-11-27(12-14-28)15-21-25-20-6-4-3-5-19(20)22(24)26-21/h3-10,17H,11-15H2,1-2H3,(H2,24,25,26)/t17-/m1/s1. The van der Waals surface area contributed by atoms with Gasteiger partial charge < -0.3 is 15.4 Å². The van der Waals surface area contributed by atoms with Crippen LogP contribution in [0.1, 0.15) is 18.3 Å². The zero-order chi connectivity index (χ0) is 21.1. The Morgan fingerprint density at radius 3 is 2.50 bits per heavy atom. The lowest BCUT2D eigenvalue weighted by Gasteiger charge is -2.35. The molecular weight excluding hydrogens is 378 g/mol. The number of hydrogen-bond donors (Lipinski definition) is 1. The molecule has 1 atom stereocenters. The second-order valence-electron chi connectivity index (χ2n) is 7.72. The summed E-state index contributed by atoms with van der Waals surface area (Å²) in [7, 11) is 0. The summed E-state index contributed by atoms with van der Waals surface area (Å²) in [4.78, 5) is 26.0. The lowest BCUT2D eigenvalue weighted by atomic mass is 10.2. The molecule has 0 aliphatic carbocycles. The van der Waals surface area contributed by atoms with E-state index in [0.717, 1.165) is 29.6 Å². The maximum Gasteiger partial charge on any atom is 0.263 e. The van der Waals surface area contributed by atoms with Crippen LogP contribution in [0, 0.1) is 6.92 Å². The molecule has 7 nitrogen and oxygen atoms in total. The van der Waals surface area contributed by atoms with Crippen molar-refractivity contribution in [3.05, 3.63) is 59.9 Å². The van der Waals surface area contributed by atoms with Gasteiger partial charge in [0.25, 0.3) is 5.91 Å². The van der Waals surface area contributed by atoms with Gasteiger partial charge in [0.05, 0.1) is 12.1 Å². The fourth-order valence-electron chi connectivity index (χ4n) is 3.68. The molecule has 2 N–H and O–H groups in total. The molecular formula is C23H27N5O2. The molecule has 1 aromatic heterocycles. The SMILES string of the molecule is Cc1ccc(O[C@H](C)C(=O)N2CCN(Cc3nc(N)c4ccccc4n3)CC2)cc1. The van der Waals surface area contributed by atoms with Crippen LogP contribution in [0.2, 0.25) is 0 Å². The fourth-order valence-corrected chi connectivity index (χ4v) is 3.68. The number of piperazine rings is 1. The average molecular weight is 406 g/mol.